The number of carboxylic acids is 1. The van der Waals surface area contributed by atoms with Gasteiger partial charge in [-0.25, -0.2) is 13.2 Å². The number of hydrogen-bond donors (Lipinski definition) is 2. The molecule has 0 aromatic heterocycles. The average Bonchev–Trinajstić information content (AvgIpc) is 2.58. The number of rotatable bonds is 5. The summed E-state index contributed by atoms with van der Waals surface area (Å²) in [6, 6.07) is -1.04. The van der Waals surface area contributed by atoms with Crippen molar-refractivity contribution in [2.75, 3.05) is 11.5 Å². The molecule has 1 fully saturated rings. The van der Waals surface area contributed by atoms with Gasteiger partial charge in [0.1, 0.15) is 6.04 Å². The molecule has 0 bridgehead atoms. The first kappa shape index (κ1) is 13.7. The van der Waals surface area contributed by atoms with Gasteiger partial charge in [-0.1, -0.05) is 6.08 Å². The van der Waals surface area contributed by atoms with Crippen LogP contribution in [0.5, 0.6) is 0 Å². The molecule has 0 aromatic carbocycles. The Morgan fingerprint density at radius 3 is 2.59 bits per heavy atom. The smallest absolute Gasteiger partial charge is 0.326 e. The van der Waals surface area contributed by atoms with Crippen LogP contribution >= 0.6 is 0 Å². The van der Waals surface area contributed by atoms with E-state index in [1.54, 1.807) is 0 Å². The molecule has 1 heterocycles. The second-order valence-electron chi connectivity index (χ2n) is 4.02. The maximum atomic E-state index is 11.6. The van der Waals surface area contributed by atoms with Crippen molar-refractivity contribution in [2.45, 2.75) is 18.9 Å². The van der Waals surface area contributed by atoms with Crippen LogP contribution in [0.4, 0.5) is 0 Å². The summed E-state index contributed by atoms with van der Waals surface area (Å²) in [6.07, 6.45) is 1.76. The van der Waals surface area contributed by atoms with Gasteiger partial charge in [-0.2, -0.15) is 0 Å². The Balaban J connectivity index is 2.59. The monoisotopic (exact) mass is 261 g/mol. The molecule has 96 valence electrons. The van der Waals surface area contributed by atoms with E-state index in [1.165, 1.54) is 6.08 Å². The van der Waals surface area contributed by atoms with E-state index in [0.717, 1.165) is 0 Å². The quantitative estimate of drug-likeness (QED) is 0.654. The molecule has 2 N–H and O–H groups in total. The van der Waals surface area contributed by atoms with Gasteiger partial charge in [0, 0.05) is 0 Å². The molecule has 2 atom stereocenters. The summed E-state index contributed by atoms with van der Waals surface area (Å²) in [5, 5.41) is 11.1. The standard InChI is InChI=1S/C10H15NO5S/c1-2-3-8(10(13)14)11-9(12)7-4-5-17(15,16)6-7/h2,7-8H,1,3-6H2,(H,11,12)(H,13,14). The molecule has 6 nitrogen and oxygen atoms in total. The van der Waals surface area contributed by atoms with Crippen molar-refractivity contribution >= 4 is 21.7 Å². The van der Waals surface area contributed by atoms with Crippen LogP contribution in [0.25, 0.3) is 0 Å². The molecular formula is C10H15NO5S. The molecule has 1 rings (SSSR count). The maximum absolute atomic E-state index is 11.6. The van der Waals surface area contributed by atoms with Crippen LogP contribution in [0.1, 0.15) is 12.8 Å². The van der Waals surface area contributed by atoms with Gasteiger partial charge in [0.25, 0.3) is 0 Å². The van der Waals surface area contributed by atoms with Gasteiger partial charge < -0.3 is 10.4 Å². The number of carboxylic acid groups (broad SMARTS) is 1. The van der Waals surface area contributed by atoms with Crippen LogP contribution in [-0.4, -0.2) is 42.9 Å². The van der Waals surface area contributed by atoms with Gasteiger partial charge >= 0.3 is 5.97 Å². The molecule has 1 aliphatic rings. The number of carbonyl (C=O) groups excluding carboxylic acids is 1. The minimum atomic E-state index is -3.14. The van der Waals surface area contributed by atoms with E-state index in [4.69, 9.17) is 5.11 Å². The fourth-order valence-electron chi connectivity index (χ4n) is 1.68. The lowest BCUT2D eigenvalue weighted by molar-refractivity contribution is -0.142. The topological polar surface area (TPSA) is 101 Å². The van der Waals surface area contributed by atoms with Gasteiger partial charge in [0.15, 0.2) is 9.84 Å². The van der Waals surface area contributed by atoms with Crippen LogP contribution in [0.15, 0.2) is 12.7 Å². The number of sulfone groups is 1. The average molecular weight is 261 g/mol. The third-order valence-corrected chi connectivity index (χ3v) is 4.39. The zero-order valence-corrected chi connectivity index (χ0v) is 10.1. The lowest BCUT2D eigenvalue weighted by Gasteiger charge is -2.15. The van der Waals surface area contributed by atoms with Crippen LogP contribution in [0.2, 0.25) is 0 Å². The van der Waals surface area contributed by atoms with Crippen molar-refractivity contribution in [3.05, 3.63) is 12.7 Å². The Morgan fingerprint density at radius 2 is 2.18 bits per heavy atom. The van der Waals surface area contributed by atoms with Gasteiger partial charge in [0.2, 0.25) is 5.91 Å². The third kappa shape index (κ3) is 3.85. The summed E-state index contributed by atoms with van der Waals surface area (Å²) in [5.74, 6) is -2.50. The fraction of sp³-hybridized carbons (Fsp3) is 0.600. The second kappa shape index (κ2) is 5.31. The lowest BCUT2D eigenvalue weighted by Crippen LogP contribution is -2.43. The van der Waals surface area contributed by atoms with E-state index in [9.17, 15) is 18.0 Å². The number of amides is 1. The Morgan fingerprint density at radius 1 is 1.53 bits per heavy atom. The van der Waals surface area contributed by atoms with E-state index < -0.39 is 33.7 Å². The van der Waals surface area contributed by atoms with Crippen molar-refractivity contribution < 1.29 is 23.1 Å². The first-order valence-corrected chi connectivity index (χ1v) is 7.02. The summed E-state index contributed by atoms with van der Waals surface area (Å²) >= 11 is 0. The second-order valence-corrected chi connectivity index (χ2v) is 6.25. The van der Waals surface area contributed by atoms with Crippen LogP contribution in [0, 0.1) is 5.92 Å². The maximum Gasteiger partial charge on any atom is 0.326 e. The van der Waals surface area contributed by atoms with E-state index in [1.807, 2.05) is 0 Å². The first-order chi connectivity index (χ1) is 7.85. The highest BCUT2D eigenvalue weighted by atomic mass is 32.2. The summed E-state index contributed by atoms with van der Waals surface area (Å²) in [6.45, 7) is 3.40. The Kier molecular flexibility index (Phi) is 4.28. The number of aliphatic carboxylic acids is 1. The Labute approximate surface area is 99.6 Å². The molecule has 0 saturated carbocycles. The largest absolute Gasteiger partial charge is 0.480 e. The van der Waals surface area contributed by atoms with Crippen LogP contribution < -0.4 is 5.32 Å². The van der Waals surface area contributed by atoms with Crippen molar-refractivity contribution in [3.8, 4) is 0 Å². The fourth-order valence-corrected chi connectivity index (χ4v) is 3.42. The first-order valence-electron chi connectivity index (χ1n) is 5.20. The predicted molar refractivity (Wildman–Crippen MR) is 61.1 cm³/mol. The highest BCUT2D eigenvalue weighted by Gasteiger charge is 2.34. The molecule has 0 aliphatic carbocycles. The van der Waals surface area contributed by atoms with Crippen molar-refractivity contribution in [1.82, 2.24) is 5.32 Å². The normalized spacial score (nSPS) is 23.9. The highest BCUT2D eigenvalue weighted by molar-refractivity contribution is 7.91. The minimum Gasteiger partial charge on any atom is -0.480 e. The van der Waals surface area contributed by atoms with E-state index in [2.05, 4.69) is 11.9 Å². The number of nitrogens with one attached hydrogen (secondary N) is 1. The summed E-state index contributed by atoms with van der Waals surface area (Å²) in [5.41, 5.74) is 0. The Bertz CT molecular complexity index is 428. The van der Waals surface area contributed by atoms with Crippen molar-refractivity contribution in [3.63, 3.8) is 0 Å². The molecule has 0 spiro atoms. The van der Waals surface area contributed by atoms with Crippen LogP contribution in [-0.2, 0) is 19.4 Å². The number of hydrogen-bond acceptors (Lipinski definition) is 4. The molecule has 0 radical (unpaired) electrons. The zero-order chi connectivity index (χ0) is 13.1. The molecule has 7 heteroatoms. The molecular weight excluding hydrogens is 246 g/mol. The zero-order valence-electron chi connectivity index (χ0n) is 9.26. The van der Waals surface area contributed by atoms with E-state index in [-0.39, 0.29) is 24.3 Å². The SMILES string of the molecule is C=CCC(NC(=O)C1CCS(=O)(=O)C1)C(=O)O. The molecule has 1 aliphatic heterocycles. The molecule has 2 unspecified atom stereocenters. The Hall–Kier alpha value is -1.37. The van der Waals surface area contributed by atoms with Gasteiger partial charge in [-0.3, -0.25) is 4.79 Å². The number of carbonyl (C=O) groups is 2. The van der Waals surface area contributed by atoms with E-state index >= 15 is 0 Å². The van der Waals surface area contributed by atoms with E-state index in [0.29, 0.717) is 0 Å². The summed E-state index contributed by atoms with van der Waals surface area (Å²) in [4.78, 5) is 22.4. The molecule has 17 heavy (non-hydrogen) atoms. The van der Waals surface area contributed by atoms with Crippen molar-refractivity contribution in [2.24, 2.45) is 5.92 Å². The van der Waals surface area contributed by atoms with Gasteiger partial charge in [-0.15, -0.1) is 6.58 Å². The van der Waals surface area contributed by atoms with Gasteiger partial charge in [-0.05, 0) is 12.8 Å². The van der Waals surface area contributed by atoms with Gasteiger partial charge in [0.05, 0.1) is 17.4 Å². The summed E-state index contributed by atoms with van der Waals surface area (Å²) in [7, 11) is -3.14. The predicted octanol–water partition coefficient (Wildman–Crippen LogP) is -0.433. The van der Waals surface area contributed by atoms with Crippen molar-refractivity contribution in [1.29, 1.82) is 0 Å². The summed E-state index contributed by atoms with van der Waals surface area (Å²) < 4.78 is 22.4. The molecule has 1 saturated heterocycles. The minimum absolute atomic E-state index is 0.00964. The third-order valence-electron chi connectivity index (χ3n) is 2.62. The lowest BCUT2D eigenvalue weighted by atomic mass is 10.1. The highest BCUT2D eigenvalue weighted by Crippen LogP contribution is 2.18. The molecule has 0 aromatic rings. The molecule has 1 amide bonds. The van der Waals surface area contributed by atoms with Crippen LogP contribution in [0.3, 0.4) is 0 Å².